The molecule has 0 bridgehead atoms. The van der Waals surface area contributed by atoms with Crippen LogP contribution < -0.4 is 5.32 Å². The molecule has 2 fully saturated rings. The van der Waals surface area contributed by atoms with Crippen LogP contribution in [0, 0.1) is 0 Å². The molecule has 0 aromatic rings. The number of carbonyl (C=O) groups excluding carboxylic acids is 1. The summed E-state index contributed by atoms with van der Waals surface area (Å²) in [5.74, 6) is 0.0925. The van der Waals surface area contributed by atoms with Crippen molar-refractivity contribution in [3.05, 3.63) is 0 Å². The topological polar surface area (TPSA) is 50.8 Å². The number of morpholine rings is 2. The van der Waals surface area contributed by atoms with Gasteiger partial charge in [-0.2, -0.15) is 0 Å². The molecule has 0 aromatic carbocycles. The fourth-order valence-electron chi connectivity index (χ4n) is 2.15. The first-order chi connectivity index (χ1) is 7.70. The lowest BCUT2D eigenvalue weighted by molar-refractivity contribution is -0.157. The van der Waals surface area contributed by atoms with Gasteiger partial charge in [0.25, 0.3) is 5.91 Å². The second kappa shape index (κ2) is 6.54. The maximum Gasteiger partial charge on any atom is 0.253 e. The van der Waals surface area contributed by atoms with Gasteiger partial charge in [0.1, 0.15) is 6.10 Å². The van der Waals surface area contributed by atoms with Crippen LogP contribution in [0.15, 0.2) is 0 Å². The highest BCUT2D eigenvalue weighted by molar-refractivity contribution is 5.85. The van der Waals surface area contributed by atoms with Crippen LogP contribution >= 0.6 is 12.4 Å². The summed E-state index contributed by atoms with van der Waals surface area (Å²) >= 11 is 0. The lowest BCUT2D eigenvalue weighted by Gasteiger charge is -2.40. The van der Waals surface area contributed by atoms with Crippen LogP contribution in [-0.2, 0) is 14.3 Å². The van der Waals surface area contributed by atoms with E-state index in [9.17, 15) is 4.79 Å². The average Bonchev–Trinajstić information content (AvgIpc) is 2.33. The number of halogens is 1. The minimum Gasteiger partial charge on any atom is -0.375 e. The molecule has 0 saturated carbocycles. The largest absolute Gasteiger partial charge is 0.375 e. The van der Waals surface area contributed by atoms with Gasteiger partial charge in [-0.25, -0.2) is 0 Å². The van der Waals surface area contributed by atoms with E-state index in [1.54, 1.807) is 0 Å². The molecule has 0 spiro atoms. The van der Waals surface area contributed by atoms with E-state index < -0.39 is 0 Å². The number of hydrogen-bond acceptors (Lipinski definition) is 4. The zero-order valence-electron chi connectivity index (χ0n) is 10.3. The Kier molecular flexibility index (Phi) is 5.66. The first-order valence-electron chi connectivity index (χ1n) is 5.94. The highest BCUT2D eigenvalue weighted by Crippen LogP contribution is 2.15. The minimum absolute atomic E-state index is 0. The first kappa shape index (κ1) is 14.7. The summed E-state index contributed by atoms with van der Waals surface area (Å²) < 4.78 is 11.0. The molecule has 1 N–H and O–H groups in total. The van der Waals surface area contributed by atoms with Gasteiger partial charge in [0.2, 0.25) is 0 Å². The Morgan fingerprint density at radius 1 is 1.29 bits per heavy atom. The monoisotopic (exact) mass is 264 g/mol. The van der Waals surface area contributed by atoms with Crippen molar-refractivity contribution in [1.82, 2.24) is 10.2 Å². The fourth-order valence-corrected chi connectivity index (χ4v) is 2.15. The number of nitrogens with zero attached hydrogens (tertiary/aromatic N) is 1. The summed E-state index contributed by atoms with van der Waals surface area (Å²) in [6.07, 6.45) is -0.212. The molecule has 0 aromatic heterocycles. The van der Waals surface area contributed by atoms with E-state index in [1.165, 1.54) is 0 Å². The molecule has 2 aliphatic rings. The average molecular weight is 265 g/mol. The van der Waals surface area contributed by atoms with E-state index in [0.717, 1.165) is 6.54 Å². The molecule has 2 rings (SSSR count). The van der Waals surface area contributed by atoms with Crippen LogP contribution in [0.1, 0.15) is 13.8 Å². The Balaban J connectivity index is 0.00000144. The van der Waals surface area contributed by atoms with Gasteiger partial charge in [-0.05, 0) is 13.8 Å². The molecule has 2 heterocycles. The second-order valence-electron chi connectivity index (χ2n) is 4.41. The van der Waals surface area contributed by atoms with Crippen LogP contribution in [0.3, 0.4) is 0 Å². The highest BCUT2D eigenvalue weighted by Gasteiger charge is 2.34. The first-order valence-corrected chi connectivity index (χ1v) is 5.94. The number of rotatable bonds is 1. The smallest absolute Gasteiger partial charge is 0.253 e. The van der Waals surface area contributed by atoms with Crippen LogP contribution in [0.5, 0.6) is 0 Å². The Morgan fingerprint density at radius 2 is 2.06 bits per heavy atom. The van der Waals surface area contributed by atoms with E-state index >= 15 is 0 Å². The molecule has 2 saturated heterocycles. The minimum atomic E-state index is -0.318. The van der Waals surface area contributed by atoms with Crippen LogP contribution in [0.4, 0.5) is 0 Å². The van der Waals surface area contributed by atoms with Crippen molar-refractivity contribution in [2.24, 2.45) is 0 Å². The summed E-state index contributed by atoms with van der Waals surface area (Å²) in [5, 5.41) is 3.18. The molecule has 6 heteroatoms. The molecule has 17 heavy (non-hydrogen) atoms. The third kappa shape index (κ3) is 3.31. The number of ether oxygens (including phenoxy) is 2. The van der Waals surface area contributed by atoms with Gasteiger partial charge in [-0.1, -0.05) is 0 Å². The van der Waals surface area contributed by atoms with Crippen molar-refractivity contribution in [3.8, 4) is 0 Å². The van der Waals surface area contributed by atoms with E-state index in [-0.39, 0.29) is 36.6 Å². The van der Waals surface area contributed by atoms with E-state index in [2.05, 4.69) is 5.32 Å². The standard InChI is InChI=1S/C11H20N2O3.ClH/c1-8-9(2)15-6-4-13(8)11(14)10-7-12-3-5-16-10;/h8-10,12H,3-7H2,1-2H3;1H. The highest BCUT2D eigenvalue weighted by atomic mass is 35.5. The molecular weight excluding hydrogens is 244 g/mol. The van der Waals surface area contributed by atoms with Crippen LogP contribution in [-0.4, -0.2) is 61.9 Å². The Morgan fingerprint density at radius 3 is 2.71 bits per heavy atom. The van der Waals surface area contributed by atoms with Crippen molar-refractivity contribution < 1.29 is 14.3 Å². The van der Waals surface area contributed by atoms with Gasteiger partial charge in [-0.15, -0.1) is 12.4 Å². The summed E-state index contributed by atoms with van der Waals surface area (Å²) in [7, 11) is 0. The van der Waals surface area contributed by atoms with Crippen molar-refractivity contribution in [1.29, 1.82) is 0 Å². The van der Waals surface area contributed by atoms with Crippen LogP contribution in [0.25, 0.3) is 0 Å². The summed E-state index contributed by atoms with van der Waals surface area (Å²) in [4.78, 5) is 14.1. The Hall–Kier alpha value is -0.360. The van der Waals surface area contributed by atoms with Crippen molar-refractivity contribution in [2.75, 3.05) is 32.8 Å². The van der Waals surface area contributed by atoms with Crippen molar-refractivity contribution in [3.63, 3.8) is 0 Å². The number of amides is 1. The lowest BCUT2D eigenvalue weighted by atomic mass is 10.1. The molecule has 2 aliphatic heterocycles. The Bertz CT molecular complexity index is 259. The number of carbonyl (C=O) groups is 1. The van der Waals surface area contributed by atoms with Gasteiger partial charge in [0, 0.05) is 19.6 Å². The zero-order chi connectivity index (χ0) is 11.5. The molecule has 5 nitrogen and oxygen atoms in total. The normalized spacial score (nSPS) is 34.0. The van der Waals surface area contributed by atoms with E-state index in [0.29, 0.717) is 26.3 Å². The predicted octanol–water partition coefficient (Wildman–Crippen LogP) is 0.0324. The van der Waals surface area contributed by atoms with Gasteiger partial charge < -0.3 is 19.7 Å². The predicted molar refractivity (Wildman–Crippen MR) is 66.4 cm³/mol. The van der Waals surface area contributed by atoms with Crippen molar-refractivity contribution >= 4 is 18.3 Å². The molecular formula is C11H21ClN2O3. The van der Waals surface area contributed by atoms with Crippen molar-refractivity contribution in [2.45, 2.75) is 32.1 Å². The third-order valence-electron chi connectivity index (χ3n) is 3.37. The lowest BCUT2D eigenvalue weighted by Crippen LogP contribution is -2.57. The van der Waals surface area contributed by atoms with Gasteiger partial charge in [0.05, 0.1) is 25.4 Å². The fraction of sp³-hybridized carbons (Fsp3) is 0.909. The SMILES string of the molecule is CC1OCCN(C(=O)C2CNCCO2)C1C.Cl. The maximum atomic E-state index is 12.2. The number of nitrogens with one attached hydrogen (secondary N) is 1. The van der Waals surface area contributed by atoms with Gasteiger partial charge >= 0.3 is 0 Å². The third-order valence-corrected chi connectivity index (χ3v) is 3.37. The summed E-state index contributed by atoms with van der Waals surface area (Å²) in [6, 6.07) is 0.131. The van der Waals surface area contributed by atoms with Crippen LogP contribution in [0.2, 0.25) is 0 Å². The van der Waals surface area contributed by atoms with E-state index in [4.69, 9.17) is 9.47 Å². The second-order valence-corrected chi connectivity index (χ2v) is 4.41. The summed E-state index contributed by atoms with van der Waals surface area (Å²) in [5.41, 5.74) is 0. The van der Waals surface area contributed by atoms with E-state index in [1.807, 2.05) is 18.7 Å². The van der Waals surface area contributed by atoms with Gasteiger partial charge in [-0.3, -0.25) is 4.79 Å². The Labute approximate surface area is 108 Å². The molecule has 3 unspecified atom stereocenters. The molecule has 1 amide bonds. The maximum absolute atomic E-state index is 12.2. The zero-order valence-corrected chi connectivity index (χ0v) is 11.2. The molecule has 0 radical (unpaired) electrons. The molecule has 100 valence electrons. The molecule has 0 aliphatic carbocycles. The number of hydrogen-bond donors (Lipinski definition) is 1. The quantitative estimate of drug-likeness (QED) is 0.726. The molecule has 3 atom stereocenters. The summed E-state index contributed by atoms with van der Waals surface area (Å²) in [6.45, 7) is 7.39. The van der Waals surface area contributed by atoms with Gasteiger partial charge in [0.15, 0.2) is 0 Å².